The molecule has 2 fully saturated rings. The van der Waals surface area contributed by atoms with Gasteiger partial charge in [0.2, 0.25) is 0 Å². The largest absolute Gasteiger partial charge is 0.381 e. The minimum atomic E-state index is -0.485. The Morgan fingerprint density at radius 2 is 1.19 bits per heavy atom. The predicted molar refractivity (Wildman–Crippen MR) is 179 cm³/mol. The summed E-state index contributed by atoms with van der Waals surface area (Å²) in [7, 11) is 0. The first-order valence-electron chi connectivity index (χ1n) is 15.6. The van der Waals surface area contributed by atoms with Crippen LogP contribution in [0, 0.1) is 5.82 Å². The average molecular weight is 686 g/mol. The van der Waals surface area contributed by atoms with Gasteiger partial charge in [0.05, 0.1) is 16.9 Å². The average Bonchev–Trinajstić information content (AvgIpc) is 3.03. The van der Waals surface area contributed by atoms with Gasteiger partial charge in [-0.05, 0) is 74.9 Å². The lowest BCUT2D eigenvalue weighted by Crippen LogP contribution is -2.38. The van der Waals surface area contributed by atoms with Crippen molar-refractivity contribution in [1.29, 1.82) is 0 Å². The summed E-state index contributed by atoms with van der Waals surface area (Å²) in [4.78, 5) is 23.6. The molecule has 2 N–H and O–H groups in total. The first-order valence-corrected chi connectivity index (χ1v) is 16.7. The van der Waals surface area contributed by atoms with Crippen LogP contribution in [0.1, 0.15) is 90.2 Å². The maximum absolute atomic E-state index is 13.5. The molecular formula is C34H51BrClFN2O4. The fourth-order valence-electron chi connectivity index (χ4n) is 4.79. The zero-order valence-corrected chi connectivity index (χ0v) is 29.0. The third kappa shape index (κ3) is 14.8. The molecule has 2 aliphatic heterocycles. The maximum atomic E-state index is 13.5. The van der Waals surface area contributed by atoms with Crippen LogP contribution in [-0.2, 0) is 19.1 Å². The lowest BCUT2D eigenvalue weighted by atomic mass is 9.94. The molecule has 2 aromatic carbocycles. The number of carbonyl (C=O) groups excluding carboxylic acids is 2. The van der Waals surface area contributed by atoms with Crippen LogP contribution in [0.4, 0.5) is 4.39 Å². The Hall–Kier alpha value is -1.68. The molecule has 0 bridgehead atoms. The smallest absolute Gasteiger partial charge is 0.142 e. The number of nitrogens with one attached hydrogen (secondary N) is 2. The molecular weight excluding hydrogens is 635 g/mol. The van der Waals surface area contributed by atoms with Crippen molar-refractivity contribution in [2.45, 2.75) is 91.1 Å². The van der Waals surface area contributed by atoms with E-state index in [1.807, 2.05) is 52.0 Å². The molecule has 2 saturated heterocycles. The highest BCUT2D eigenvalue weighted by atomic mass is 79.9. The third-order valence-electron chi connectivity index (χ3n) is 7.26. The van der Waals surface area contributed by atoms with E-state index in [9.17, 15) is 14.0 Å². The summed E-state index contributed by atoms with van der Waals surface area (Å²) < 4.78 is 25.2. The minimum absolute atomic E-state index is 0.0197. The van der Waals surface area contributed by atoms with Gasteiger partial charge in [0.25, 0.3) is 0 Å². The SMILES string of the molecule is CC.CC.CC(=O)C(CNC1CCOCC1)c1ccc(Br)cc1.CC(=O)C(CNC1CCOCC1)c1ccc(Cl)c(F)c1. The van der Waals surface area contributed by atoms with Crippen LogP contribution < -0.4 is 10.6 Å². The quantitative estimate of drug-likeness (QED) is 0.265. The number of ether oxygens (including phenoxy) is 2. The fourth-order valence-corrected chi connectivity index (χ4v) is 5.17. The van der Waals surface area contributed by atoms with Crippen molar-refractivity contribution in [2.75, 3.05) is 39.5 Å². The molecule has 0 amide bonds. The second kappa shape index (κ2) is 22.8. The normalized spacial score (nSPS) is 16.7. The molecule has 0 aliphatic carbocycles. The highest BCUT2D eigenvalue weighted by molar-refractivity contribution is 9.10. The minimum Gasteiger partial charge on any atom is -0.381 e. The van der Waals surface area contributed by atoms with Crippen LogP contribution in [0.15, 0.2) is 46.9 Å². The predicted octanol–water partition coefficient (Wildman–Crippen LogP) is 7.86. The number of ketones is 2. The van der Waals surface area contributed by atoms with E-state index in [2.05, 4.69) is 26.6 Å². The van der Waals surface area contributed by atoms with Crippen LogP contribution in [0.3, 0.4) is 0 Å². The third-order valence-corrected chi connectivity index (χ3v) is 8.10. The van der Waals surface area contributed by atoms with Crippen molar-refractivity contribution in [2.24, 2.45) is 0 Å². The number of hydrogen-bond acceptors (Lipinski definition) is 6. The summed E-state index contributed by atoms with van der Waals surface area (Å²) in [5, 5.41) is 6.96. The van der Waals surface area contributed by atoms with Crippen LogP contribution in [0.25, 0.3) is 0 Å². The van der Waals surface area contributed by atoms with Gasteiger partial charge >= 0.3 is 0 Å². The van der Waals surface area contributed by atoms with E-state index in [1.165, 1.54) is 19.1 Å². The van der Waals surface area contributed by atoms with E-state index >= 15 is 0 Å². The Bertz CT molecular complexity index is 1060. The van der Waals surface area contributed by atoms with Gasteiger partial charge in [-0.1, -0.05) is 73.4 Å². The summed E-state index contributed by atoms with van der Waals surface area (Å²) in [6, 6.07) is 13.4. The van der Waals surface area contributed by atoms with Gasteiger partial charge in [0, 0.05) is 56.1 Å². The molecule has 0 aromatic heterocycles. The van der Waals surface area contributed by atoms with E-state index < -0.39 is 5.82 Å². The van der Waals surface area contributed by atoms with Gasteiger partial charge in [-0.15, -0.1) is 0 Å². The summed E-state index contributed by atoms with van der Waals surface area (Å²) in [6.45, 7) is 15.6. The van der Waals surface area contributed by atoms with Gasteiger partial charge in [-0.2, -0.15) is 0 Å². The van der Waals surface area contributed by atoms with Crippen LogP contribution in [0.5, 0.6) is 0 Å². The summed E-state index contributed by atoms with van der Waals surface area (Å²) in [5.74, 6) is -0.657. The molecule has 2 aliphatic rings. The molecule has 6 nitrogen and oxygen atoms in total. The van der Waals surface area contributed by atoms with E-state index in [4.69, 9.17) is 21.1 Å². The molecule has 9 heteroatoms. The second-order valence-electron chi connectivity index (χ2n) is 10.1. The highest BCUT2D eigenvalue weighted by Gasteiger charge is 2.22. The number of benzene rings is 2. The standard InChI is InChI=1S/C15H20BrNO2.C15H19ClFNO2.2C2H6/c1-11(18)15(12-2-4-13(16)5-3-12)10-17-14-6-8-19-9-7-14;1-10(19)13(9-18-12-4-6-20-7-5-12)11-2-3-14(16)15(17)8-11;2*1-2/h2-5,14-15,17H,6-10H2,1H3;2-3,8,12-13,18H,4-7,9H2,1H3;2*1-2H3. The summed E-state index contributed by atoms with van der Waals surface area (Å²) in [5.41, 5.74) is 1.74. The monoisotopic (exact) mass is 684 g/mol. The van der Waals surface area contributed by atoms with E-state index in [0.29, 0.717) is 30.7 Å². The maximum Gasteiger partial charge on any atom is 0.142 e. The van der Waals surface area contributed by atoms with Crippen molar-refractivity contribution in [3.8, 4) is 0 Å². The Kier molecular flexibility index (Phi) is 20.8. The van der Waals surface area contributed by atoms with Crippen molar-refractivity contribution in [3.63, 3.8) is 0 Å². The Balaban J connectivity index is 0.000000386. The van der Waals surface area contributed by atoms with E-state index in [0.717, 1.165) is 62.1 Å². The lowest BCUT2D eigenvalue weighted by Gasteiger charge is -2.25. The van der Waals surface area contributed by atoms with E-state index in [1.54, 1.807) is 13.0 Å². The molecule has 0 saturated carbocycles. The van der Waals surface area contributed by atoms with Crippen LogP contribution in [0.2, 0.25) is 5.02 Å². The molecule has 242 valence electrons. The Morgan fingerprint density at radius 3 is 1.58 bits per heavy atom. The van der Waals surface area contributed by atoms with Gasteiger partial charge in [-0.3, -0.25) is 9.59 Å². The zero-order chi connectivity index (χ0) is 32.2. The van der Waals surface area contributed by atoms with Crippen LogP contribution in [-0.4, -0.2) is 63.2 Å². The van der Waals surface area contributed by atoms with Gasteiger partial charge in [0.15, 0.2) is 0 Å². The topological polar surface area (TPSA) is 76.7 Å². The zero-order valence-electron chi connectivity index (χ0n) is 26.7. The Morgan fingerprint density at radius 1 is 0.791 bits per heavy atom. The molecule has 0 radical (unpaired) electrons. The molecule has 2 atom stereocenters. The van der Waals surface area contributed by atoms with Gasteiger partial charge in [-0.25, -0.2) is 4.39 Å². The van der Waals surface area contributed by atoms with Crippen LogP contribution >= 0.6 is 27.5 Å². The molecule has 43 heavy (non-hydrogen) atoms. The highest BCUT2D eigenvalue weighted by Crippen LogP contribution is 2.23. The van der Waals surface area contributed by atoms with Crippen molar-refractivity contribution >= 4 is 39.1 Å². The number of carbonyl (C=O) groups is 2. The van der Waals surface area contributed by atoms with Crippen molar-refractivity contribution < 1.29 is 23.5 Å². The van der Waals surface area contributed by atoms with Crippen molar-refractivity contribution in [1.82, 2.24) is 10.6 Å². The molecule has 2 heterocycles. The first-order chi connectivity index (χ1) is 20.7. The summed E-state index contributed by atoms with van der Waals surface area (Å²) >= 11 is 9.09. The molecule has 2 unspecified atom stereocenters. The van der Waals surface area contributed by atoms with Gasteiger partial charge < -0.3 is 20.1 Å². The molecule has 0 spiro atoms. The lowest BCUT2D eigenvalue weighted by molar-refractivity contribution is -0.119. The fraction of sp³-hybridized carbons (Fsp3) is 0.588. The van der Waals surface area contributed by atoms with E-state index in [-0.39, 0.29) is 28.4 Å². The number of hydrogen-bond donors (Lipinski definition) is 2. The number of halogens is 3. The molecule has 4 rings (SSSR count). The Labute approximate surface area is 272 Å². The summed E-state index contributed by atoms with van der Waals surface area (Å²) in [6.07, 6.45) is 3.95. The molecule has 2 aromatic rings. The second-order valence-corrected chi connectivity index (χ2v) is 11.5. The van der Waals surface area contributed by atoms with Gasteiger partial charge in [0.1, 0.15) is 17.4 Å². The van der Waals surface area contributed by atoms with Crippen molar-refractivity contribution in [3.05, 3.63) is 68.9 Å². The number of rotatable bonds is 10. The number of Topliss-reactive ketones (excluding diaryl/α,β-unsaturated/α-hetero) is 2. The first kappa shape index (κ1) is 39.3.